The number of non-ortho nitro benzene ring substituents is 1. The average molecular weight is 379 g/mol. The highest BCUT2D eigenvalue weighted by atomic mass is 32.1. The van der Waals surface area contributed by atoms with Crippen LogP contribution in [0.4, 0.5) is 10.8 Å². The highest BCUT2D eigenvalue weighted by molar-refractivity contribution is 7.14. The molecule has 2 aromatic carbocycles. The summed E-state index contributed by atoms with van der Waals surface area (Å²) in [4.78, 5) is 27.5. The maximum Gasteiger partial charge on any atom is 0.278 e. The molecule has 0 radical (unpaired) electrons. The summed E-state index contributed by atoms with van der Waals surface area (Å²) in [5.41, 5.74) is 3.39. The Bertz CT molecular complexity index is 1180. The lowest BCUT2D eigenvalue weighted by atomic mass is 10.1. The number of aromatic amines is 1. The van der Waals surface area contributed by atoms with E-state index in [4.69, 9.17) is 0 Å². The van der Waals surface area contributed by atoms with Gasteiger partial charge in [0.25, 0.3) is 11.6 Å². The van der Waals surface area contributed by atoms with Gasteiger partial charge in [0.1, 0.15) is 0 Å². The number of hydrogen-bond donors (Lipinski definition) is 2. The molecule has 8 nitrogen and oxygen atoms in total. The zero-order valence-electron chi connectivity index (χ0n) is 14.1. The van der Waals surface area contributed by atoms with Crippen molar-refractivity contribution < 1.29 is 9.72 Å². The van der Waals surface area contributed by atoms with Gasteiger partial charge in [-0.3, -0.25) is 25.3 Å². The van der Waals surface area contributed by atoms with Gasteiger partial charge in [-0.2, -0.15) is 5.10 Å². The Morgan fingerprint density at radius 1 is 1.26 bits per heavy atom. The van der Waals surface area contributed by atoms with Crippen molar-refractivity contribution in [2.45, 2.75) is 6.92 Å². The molecule has 27 heavy (non-hydrogen) atoms. The summed E-state index contributed by atoms with van der Waals surface area (Å²) < 4.78 is 0. The lowest BCUT2D eigenvalue weighted by molar-refractivity contribution is -0.384. The molecule has 134 valence electrons. The minimum Gasteiger partial charge on any atom is -0.296 e. The third-order valence-electron chi connectivity index (χ3n) is 4.12. The van der Waals surface area contributed by atoms with Crippen LogP contribution in [0.1, 0.15) is 16.1 Å². The maximum atomic E-state index is 12.6. The third-order valence-corrected chi connectivity index (χ3v) is 4.88. The van der Waals surface area contributed by atoms with Crippen LogP contribution >= 0.6 is 11.3 Å². The van der Waals surface area contributed by atoms with Crippen molar-refractivity contribution in [2.24, 2.45) is 0 Å². The van der Waals surface area contributed by atoms with E-state index < -0.39 is 10.8 Å². The summed E-state index contributed by atoms with van der Waals surface area (Å²) in [5.74, 6) is -0.479. The Morgan fingerprint density at radius 3 is 2.85 bits per heavy atom. The summed E-state index contributed by atoms with van der Waals surface area (Å²) in [6, 6.07) is 12.1. The molecule has 0 spiro atoms. The van der Waals surface area contributed by atoms with E-state index in [1.54, 1.807) is 0 Å². The monoisotopic (exact) mass is 379 g/mol. The number of H-pyrrole nitrogens is 1. The lowest BCUT2D eigenvalue weighted by Gasteiger charge is -2.01. The van der Waals surface area contributed by atoms with Crippen LogP contribution < -0.4 is 5.32 Å². The van der Waals surface area contributed by atoms with E-state index in [2.05, 4.69) is 20.5 Å². The number of carbonyl (C=O) groups excluding carboxylic acids is 1. The van der Waals surface area contributed by atoms with Gasteiger partial charge < -0.3 is 0 Å². The minimum atomic E-state index is -0.510. The zero-order chi connectivity index (χ0) is 19.0. The predicted molar refractivity (Wildman–Crippen MR) is 103 cm³/mol. The fourth-order valence-electron chi connectivity index (χ4n) is 2.76. The second-order valence-corrected chi connectivity index (χ2v) is 6.72. The van der Waals surface area contributed by atoms with Gasteiger partial charge >= 0.3 is 0 Å². The lowest BCUT2D eigenvalue weighted by Crippen LogP contribution is -2.12. The maximum absolute atomic E-state index is 12.6. The molecule has 0 aliphatic heterocycles. The van der Waals surface area contributed by atoms with Crippen molar-refractivity contribution in [3.63, 3.8) is 0 Å². The normalized spacial score (nSPS) is 10.9. The molecule has 0 bridgehead atoms. The molecule has 4 aromatic rings. The zero-order valence-corrected chi connectivity index (χ0v) is 14.9. The molecule has 0 unspecified atom stereocenters. The number of nitro benzene ring substituents is 1. The molecule has 2 N–H and O–H groups in total. The molecule has 1 amide bonds. The number of aromatic nitrogens is 3. The number of aryl methyl sites for hydroxylation is 1. The number of anilines is 1. The van der Waals surface area contributed by atoms with Gasteiger partial charge in [0.2, 0.25) is 0 Å². The highest BCUT2D eigenvalue weighted by Gasteiger charge is 2.18. The number of nitrogens with one attached hydrogen (secondary N) is 2. The molecular weight excluding hydrogens is 366 g/mol. The van der Waals surface area contributed by atoms with Crippen LogP contribution in [0.25, 0.3) is 22.2 Å². The minimum absolute atomic E-state index is 0.0846. The number of nitro groups is 1. The Kier molecular flexibility index (Phi) is 4.13. The van der Waals surface area contributed by atoms with Gasteiger partial charge in [0, 0.05) is 28.5 Å². The number of carbonyl (C=O) groups is 1. The predicted octanol–water partition coefficient (Wildman–Crippen LogP) is 4.16. The quantitative estimate of drug-likeness (QED) is 0.408. The Morgan fingerprint density at radius 2 is 2.07 bits per heavy atom. The molecule has 2 aromatic heterocycles. The highest BCUT2D eigenvalue weighted by Crippen LogP contribution is 2.28. The van der Waals surface area contributed by atoms with Gasteiger partial charge in [-0.25, -0.2) is 4.98 Å². The van der Waals surface area contributed by atoms with Crippen molar-refractivity contribution in [3.8, 4) is 11.3 Å². The molecule has 9 heteroatoms. The number of thiazole rings is 1. The molecule has 2 heterocycles. The fourth-order valence-corrected chi connectivity index (χ4v) is 3.47. The Labute approximate surface area is 157 Å². The van der Waals surface area contributed by atoms with Crippen molar-refractivity contribution >= 4 is 39.0 Å². The van der Waals surface area contributed by atoms with Gasteiger partial charge in [-0.1, -0.05) is 24.3 Å². The molecule has 0 fully saturated rings. The van der Waals surface area contributed by atoms with Gasteiger partial charge in [-0.05, 0) is 18.6 Å². The standard InChI is InChI=1S/C18H13N5O3S/c1-10-4-2-3-5-12(10)15-9-27-18(19-15)20-17(24)16-13-8-11(23(25)26)6-7-14(13)21-22-16/h2-9H,1H3,(H,21,22)(H,19,20,24). The van der Waals surface area contributed by atoms with Crippen molar-refractivity contribution in [1.29, 1.82) is 0 Å². The summed E-state index contributed by atoms with van der Waals surface area (Å²) in [6.45, 7) is 2.00. The average Bonchev–Trinajstić information content (AvgIpc) is 3.28. The molecule has 0 saturated heterocycles. The van der Waals surface area contributed by atoms with Gasteiger partial charge in [0.05, 0.1) is 16.1 Å². The number of amides is 1. The topological polar surface area (TPSA) is 114 Å². The first-order valence-corrected chi connectivity index (χ1v) is 8.86. The van der Waals surface area contributed by atoms with E-state index >= 15 is 0 Å². The summed E-state index contributed by atoms with van der Waals surface area (Å²) >= 11 is 1.30. The van der Waals surface area contributed by atoms with E-state index in [1.807, 2.05) is 36.6 Å². The van der Waals surface area contributed by atoms with Crippen LogP contribution in [0.3, 0.4) is 0 Å². The number of fused-ring (bicyclic) bond motifs is 1. The van der Waals surface area contributed by atoms with Crippen LogP contribution in [-0.2, 0) is 0 Å². The Hall–Kier alpha value is -3.59. The number of rotatable bonds is 4. The second kappa shape index (κ2) is 6.61. The van der Waals surface area contributed by atoms with Crippen LogP contribution in [0.15, 0.2) is 47.8 Å². The van der Waals surface area contributed by atoms with Gasteiger partial charge in [0.15, 0.2) is 10.8 Å². The molecule has 0 atom stereocenters. The first-order valence-electron chi connectivity index (χ1n) is 7.98. The van der Waals surface area contributed by atoms with E-state index in [1.165, 1.54) is 29.5 Å². The number of nitrogens with zero attached hydrogens (tertiary/aromatic N) is 3. The van der Waals surface area contributed by atoms with Crippen LogP contribution in [0, 0.1) is 17.0 Å². The van der Waals surface area contributed by atoms with Crippen molar-refractivity contribution in [2.75, 3.05) is 5.32 Å². The third kappa shape index (κ3) is 3.15. The first kappa shape index (κ1) is 16.9. The second-order valence-electron chi connectivity index (χ2n) is 5.87. The number of benzene rings is 2. The van der Waals surface area contributed by atoms with Crippen LogP contribution in [0.5, 0.6) is 0 Å². The molecular formula is C18H13N5O3S. The van der Waals surface area contributed by atoms with E-state index in [0.29, 0.717) is 16.0 Å². The van der Waals surface area contributed by atoms with Crippen LogP contribution in [-0.4, -0.2) is 26.0 Å². The fraction of sp³-hybridized carbons (Fsp3) is 0.0556. The molecule has 4 rings (SSSR count). The van der Waals surface area contributed by atoms with Crippen molar-refractivity contribution in [1.82, 2.24) is 15.2 Å². The number of hydrogen-bond acceptors (Lipinski definition) is 6. The van der Waals surface area contributed by atoms with Crippen molar-refractivity contribution in [3.05, 3.63) is 69.2 Å². The van der Waals surface area contributed by atoms with E-state index in [0.717, 1.165) is 16.8 Å². The molecule has 0 saturated carbocycles. The van der Waals surface area contributed by atoms with Gasteiger partial charge in [-0.15, -0.1) is 11.3 Å². The Balaban J connectivity index is 1.62. The van der Waals surface area contributed by atoms with E-state index in [-0.39, 0.29) is 11.4 Å². The molecule has 0 aliphatic rings. The largest absolute Gasteiger partial charge is 0.296 e. The van der Waals surface area contributed by atoms with Crippen LogP contribution in [0.2, 0.25) is 0 Å². The molecule has 0 aliphatic carbocycles. The first-order chi connectivity index (χ1) is 13.0. The van der Waals surface area contributed by atoms with E-state index in [9.17, 15) is 14.9 Å². The summed E-state index contributed by atoms with van der Waals surface area (Å²) in [7, 11) is 0. The smallest absolute Gasteiger partial charge is 0.278 e. The summed E-state index contributed by atoms with van der Waals surface area (Å²) in [5, 5.41) is 23.1. The SMILES string of the molecule is Cc1ccccc1-c1csc(NC(=O)c2n[nH]c3ccc([N+](=O)[O-])cc23)n1. The summed E-state index contributed by atoms with van der Waals surface area (Å²) in [6.07, 6.45) is 0.